The van der Waals surface area contributed by atoms with Crippen LogP contribution in [0.3, 0.4) is 0 Å². The molecule has 0 aromatic carbocycles. The summed E-state index contributed by atoms with van der Waals surface area (Å²) in [7, 11) is 0. The largest absolute Gasteiger partial charge is 0.480 e. The number of carboxylic acids is 1. The highest BCUT2D eigenvalue weighted by Crippen LogP contribution is 2.04. The number of nitrogens with zero attached hydrogens (tertiary/aromatic N) is 2. The minimum Gasteiger partial charge on any atom is -0.480 e. The van der Waals surface area contributed by atoms with Crippen LogP contribution in [-0.4, -0.2) is 33.6 Å². The molecule has 0 saturated carbocycles. The third-order valence-corrected chi connectivity index (χ3v) is 2.27. The second-order valence-corrected chi connectivity index (χ2v) is 3.99. The highest BCUT2D eigenvalue weighted by molar-refractivity contribution is 5.72. The van der Waals surface area contributed by atoms with Crippen molar-refractivity contribution in [3.05, 3.63) is 17.5 Å². The molecule has 6 heteroatoms. The van der Waals surface area contributed by atoms with Gasteiger partial charge >= 0.3 is 5.97 Å². The minimum atomic E-state index is -0.965. The number of aliphatic carboxylic acids is 1. The van der Waals surface area contributed by atoms with Crippen molar-refractivity contribution < 1.29 is 9.90 Å². The van der Waals surface area contributed by atoms with Gasteiger partial charge in [-0.15, -0.1) is 0 Å². The number of carbonyl (C=O) groups is 1. The maximum atomic E-state index is 10.5. The summed E-state index contributed by atoms with van der Waals surface area (Å²) in [6, 6.07) is 1.10. The van der Waals surface area contributed by atoms with E-state index in [2.05, 4.69) is 15.3 Å². The summed E-state index contributed by atoms with van der Waals surface area (Å²) in [6.45, 7) is 4.42. The number of rotatable bonds is 6. The Labute approximate surface area is 100 Å². The molecule has 1 atom stereocenters. The van der Waals surface area contributed by atoms with Crippen LogP contribution in [0.25, 0.3) is 0 Å². The van der Waals surface area contributed by atoms with E-state index in [0.29, 0.717) is 25.3 Å². The lowest BCUT2D eigenvalue weighted by Gasteiger charge is -2.08. The molecule has 6 nitrogen and oxygen atoms in total. The predicted octanol–water partition coefficient (Wildman–Crippen LogP) is 0.697. The SMILES string of the molecule is Cc1cc(C)nc(NCCCC(N)C(=O)O)n1. The molecule has 1 unspecified atom stereocenters. The quantitative estimate of drug-likeness (QED) is 0.630. The van der Waals surface area contributed by atoms with Crippen LogP contribution < -0.4 is 11.1 Å². The van der Waals surface area contributed by atoms with Gasteiger partial charge in [-0.25, -0.2) is 9.97 Å². The Bertz CT molecular complexity index is 375. The summed E-state index contributed by atoms with van der Waals surface area (Å²) in [5, 5.41) is 11.7. The van der Waals surface area contributed by atoms with Gasteiger partial charge in [-0.1, -0.05) is 0 Å². The summed E-state index contributed by atoms with van der Waals surface area (Å²) in [4.78, 5) is 18.9. The third kappa shape index (κ3) is 4.78. The van der Waals surface area contributed by atoms with Gasteiger partial charge in [0.05, 0.1) is 0 Å². The van der Waals surface area contributed by atoms with E-state index in [9.17, 15) is 4.79 Å². The second-order valence-electron chi connectivity index (χ2n) is 3.99. The van der Waals surface area contributed by atoms with Crippen LogP contribution in [0.4, 0.5) is 5.95 Å². The molecule has 1 heterocycles. The van der Waals surface area contributed by atoms with Crippen LogP contribution in [0.5, 0.6) is 0 Å². The molecule has 0 aliphatic rings. The molecule has 0 spiro atoms. The molecule has 17 heavy (non-hydrogen) atoms. The van der Waals surface area contributed by atoms with Gasteiger partial charge in [0.25, 0.3) is 0 Å². The average Bonchev–Trinajstić information content (AvgIpc) is 2.22. The van der Waals surface area contributed by atoms with E-state index in [4.69, 9.17) is 10.8 Å². The maximum absolute atomic E-state index is 10.5. The molecule has 0 amide bonds. The molecule has 0 aliphatic carbocycles. The van der Waals surface area contributed by atoms with E-state index in [0.717, 1.165) is 11.4 Å². The van der Waals surface area contributed by atoms with E-state index in [1.807, 2.05) is 19.9 Å². The number of nitrogens with one attached hydrogen (secondary N) is 1. The van der Waals surface area contributed by atoms with Crippen molar-refractivity contribution in [3.63, 3.8) is 0 Å². The topological polar surface area (TPSA) is 101 Å². The Kier molecular flexibility index (Phi) is 4.84. The number of carboxylic acid groups (broad SMARTS) is 1. The van der Waals surface area contributed by atoms with Crippen molar-refractivity contribution in [1.29, 1.82) is 0 Å². The molecule has 0 bridgehead atoms. The summed E-state index contributed by atoms with van der Waals surface area (Å²) >= 11 is 0. The predicted molar refractivity (Wildman–Crippen MR) is 64.8 cm³/mol. The van der Waals surface area contributed by atoms with E-state index in [1.165, 1.54) is 0 Å². The summed E-state index contributed by atoms with van der Waals surface area (Å²) < 4.78 is 0. The molecule has 1 aromatic heterocycles. The Morgan fingerprint density at radius 3 is 2.59 bits per heavy atom. The van der Waals surface area contributed by atoms with Gasteiger partial charge in [0.1, 0.15) is 6.04 Å². The van der Waals surface area contributed by atoms with Gasteiger partial charge in [0.2, 0.25) is 5.95 Å². The monoisotopic (exact) mass is 238 g/mol. The molecule has 4 N–H and O–H groups in total. The average molecular weight is 238 g/mol. The highest BCUT2D eigenvalue weighted by atomic mass is 16.4. The first-order valence-corrected chi connectivity index (χ1v) is 5.53. The molecule has 0 aliphatic heterocycles. The Hall–Kier alpha value is -1.69. The number of anilines is 1. The molecular formula is C11H18N4O2. The number of hydrogen-bond donors (Lipinski definition) is 3. The van der Waals surface area contributed by atoms with Gasteiger partial charge in [-0.2, -0.15) is 0 Å². The van der Waals surface area contributed by atoms with E-state index in [-0.39, 0.29) is 0 Å². The van der Waals surface area contributed by atoms with Gasteiger partial charge in [0, 0.05) is 17.9 Å². The lowest BCUT2D eigenvalue weighted by Crippen LogP contribution is -2.30. The normalized spacial score (nSPS) is 12.2. The zero-order valence-corrected chi connectivity index (χ0v) is 10.1. The molecule has 94 valence electrons. The summed E-state index contributed by atoms with van der Waals surface area (Å²) in [6.07, 6.45) is 1.11. The van der Waals surface area contributed by atoms with Crippen LogP contribution in [0.1, 0.15) is 24.2 Å². The Morgan fingerprint density at radius 2 is 2.06 bits per heavy atom. The molecule has 1 rings (SSSR count). The number of hydrogen-bond acceptors (Lipinski definition) is 5. The molecule has 1 aromatic rings. The maximum Gasteiger partial charge on any atom is 0.320 e. The van der Waals surface area contributed by atoms with Crippen molar-refractivity contribution in [3.8, 4) is 0 Å². The Balaban J connectivity index is 2.33. The van der Waals surface area contributed by atoms with Gasteiger partial charge in [0.15, 0.2) is 0 Å². The lowest BCUT2D eigenvalue weighted by atomic mass is 10.2. The first-order valence-electron chi connectivity index (χ1n) is 5.53. The number of nitrogens with two attached hydrogens (primary N) is 1. The smallest absolute Gasteiger partial charge is 0.320 e. The zero-order chi connectivity index (χ0) is 12.8. The van der Waals surface area contributed by atoms with Crippen molar-refractivity contribution in [1.82, 2.24) is 9.97 Å². The minimum absolute atomic E-state index is 0.438. The standard InChI is InChI=1S/C11H18N4O2/c1-7-6-8(2)15-11(14-7)13-5-3-4-9(12)10(16)17/h6,9H,3-5,12H2,1-2H3,(H,16,17)(H,13,14,15). The van der Waals surface area contributed by atoms with Gasteiger partial charge in [-0.05, 0) is 32.8 Å². The summed E-state index contributed by atoms with van der Waals surface area (Å²) in [5.41, 5.74) is 7.20. The number of aromatic nitrogens is 2. The van der Waals surface area contributed by atoms with E-state index in [1.54, 1.807) is 0 Å². The van der Waals surface area contributed by atoms with Crippen LogP contribution >= 0.6 is 0 Å². The fourth-order valence-electron chi connectivity index (χ4n) is 1.45. The van der Waals surface area contributed by atoms with Crippen LogP contribution in [0.15, 0.2) is 6.07 Å². The molecule has 0 saturated heterocycles. The van der Waals surface area contributed by atoms with Crippen molar-refractivity contribution in [2.75, 3.05) is 11.9 Å². The highest BCUT2D eigenvalue weighted by Gasteiger charge is 2.10. The molecule has 0 fully saturated rings. The first-order chi connectivity index (χ1) is 7.99. The fraction of sp³-hybridized carbons (Fsp3) is 0.545. The number of aryl methyl sites for hydroxylation is 2. The third-order valence-electron chi connectivity index (χ3n) is 2.27. The Morgan fingerprint density at radius 1 is 1.47 bits per heavy atom. The lowest BCUT2D eigenvalue weighted by molar-refractivity contribution is -0.138. The molecular weight excluding hydrogens is 220 g/mol. The van der Waals surface area contributed by atoms with E-state index < -0.39 is 12.0 Å². The summed E-state index contributed by atoms with van der Waals surface area (Å²) in [5.74, 6) is -0.390. The fourth-order valence-corrected chi connectivity index (χ4v) is 1.45. The van der Waals surface area contributed by atoms with Crippen molar-refractivity contribution >= 4 is 11.9 Å². The first kappa shape index (κ1) is 13.4. The van der Waals surface area contributed by atoms with Crippen molar-refractivity contribution in [2.24, 2.45) is 5.73 Å². The van der Waals surface area contributed by atoms with Crippen LogP contribution in [0.2, 0.25) is 0 Å². The van der Waals surface area contributed by atoms with Crippen molar-refractivity contribution in [2.45, 2.75) is 32.7 Å². The van der Waals surface area contributed by atoms with Gasteiger partial charge in [-0.3, -0.25) is 4.79 Å². The zero-order valence-electron chi connectivity index (χ0n) is 10.1. The van der Waals surface area contributed by atoms with Gasteiger partial charge < -0.3 is 16.2 Å². The van der Waals surface area contributed by atoms with E-state index >= 15 is 0 Å². The molecule has 0 radical (unpaired) electrons. The van der Waals surface area contributed by atoms with Crippen LogP contribution in [-0.2, 0) is 4.79 Å². The van der Waals surface area contributed by atoms with Crippen LogP contribution in [0, 0.1) is 13.8 Å². The second kappa shape index (κ2) is 6.15.